The fourth-order valence-electron chi connectivity index (χ4n) is 1.93. The molecule has 1 N–H and O–H groups in total. The molecule has 0 radical (unpaired) electrons. The molecule has 0 saturated heterocycles. The number of amides is 1. The second-order valence-electron chi connectivity index (χ2n) is 4.59. The number of rotatable bonds is 2. The van der Waals surface area contributed by atoms with Gasteiger partial charge in [0.2, 0.25) is 5.91 Å². The van der Waals surface area contributed by atoms with Crippen molar-refractivity contribution in [1.29, 1.82) is 0 Å². The molecule has 1 fully saturated rings. The molecular weight excluding hydrogens is 212 g/mol. The summed E-state index contributed by atoms with van der Waals surface area (Å²) >= 11 is 0. The van der Waals surface area contributed by atoms with Crippen molar-refractivity contribution in [1.82, 2.24) is 4.98 Å². The largest absolute Gasteiger partial charge is 0.324 e. The van der Waals surface area contributed by atoms with Crippen molar-refractivity contribution in [2.24, 2.45) is 5.92 Å². The summed E-state index contributed by atoms with van der Waals surface area (Å²) in [6.07, 6.45) is 2.03. The number of para-hydroxylation sites is 1. The summed E-state index contributed by atoms with van der Waals surface area (Å²) in [5.74, 6) is 0.343. The lowest BCUT2D eigenvalue weighted by molar-refractivity contribution is -0.117. The van der Waals surface area contributed by atoms with Gasteiger partial charge < -0.3 is 5.32 Å². The van der Waals surface area contributed by atoms with Crippen molar-refractivity contribution < 1.29 is 4.79 Å². The zero-order valence-electron chi connectivity index (χ0n) is 9.73. The Labute approximate surface area is 99.9 Å². The maximum Gasteiger partial charge on any atom is 0.227 e. The van der Waals surface area contributed by atoms with Gasteiger partial charge in [-0.2, -0.15) is 0 Å². The molecule has 1 aromatic heterocycles. The van der Waals surface area contributed by atoms with E-state index in [0.717, 1.165) is 35.1 Å². The van der Waals surface area contributed by atoms with E-state index in [0.29, 0.717) is 0 Å². The van der Waals surface area contributed by atoms with Crippen LogP contribution < -0.4 is 5.32 Å². The molecule has 17 heavy (non-hydrogen) atoms. The van der Waals surface area contributed by atoms with Crippen LogP contribution in [0.3, 0.4) is 0 Å². The number of carbonyl (C=O) groups is 1. The molecular formula is C14H14N2O. The molecule has 86 valence electrons. The maximum atomic E-state index is 11.8. The Kier molecular flexibility index (Phi) is 2.32. The van der Waals surface area contributed by atoms with Gasteiger partial charge in [0.1, 0.15) is 0 Å². The first-order valence-electron chi connectivity index (χ1n) is 5.91. The van der Waals surface area contributed by atoms with Gasteiger partial charge in [-0.25, -0.2) is 0 Å². The zero-order valence-corrected chi connectivity index (χ0v) is 9.73. The normalized spacial score (nSPS) is 14.9. The van der Waals surface area contributed by atoms with Gasteiger partial charge in [0.25, 0.3) is 0 Å². The molecule has 3 rings (SSSR count). The van der Waals surface area contributed by atoms with Crippen LogP contribution in [-0.4, -0.2) is 10.9 Å². The van der Waals surface area contributed by atoms with Crippen LogP contribution in [0.2, 0.25) is 0 Å². The lowest BCUT2D eigenvalue weighted by Gasteiger charge is -2.08. The fourth-order valence-corrected chi connectivity index (χ4v) is 1.93. The lowest BCUT2D eigenvalue weighted by atomic mass is 10.1. The van der Waals surface area contributed by atoms with Gasteiger partial charge >= 0.3 is 0 Å². The minimum Gasteiger partial charge on any atom is -0.324 e. The Morgan fingerprint density at radius 3 is 2.88 bits per heavy atom. The number of hydrogen-bond donors (Lipinski definition) is 1. The fraction of sp³-hybridized carbons (Fsp3) is 0.286. The summed E-state index contributed by atoms with van der Waals surface area (Å²) in [4.78, 5) is 16.3. The molecule has 0 aliphatic heterocycles. The maximum absolute atomic E-state index is 11.8. The quantitative estimate of drug-likeness (QED) is 0.855. The SMILES string of the molecule is Cc1ccc2cccc(NC(=O)C3CC3)c2n1. The van der Waals surface area contributed by atoms with Gasteiger partial charge in [0, 0.05) is 17.0 Å². The summed E-state index contributed by atoms with van der Waals surface area (Å²) in [5, 5.41) is 4.03. The van der Waals surface area contributed by atoms with Gasteiger partial charge in [-0.3, -0.25) is 9.78 Å². The molecule has 0 atom stereocenters. The number of fused-ring (bicyclic) bond motifs is 1. The van der Waals surface area contributed by atoms with E-state index in [1.807, 2.05) is 37.3 Å². The molecule has 1 aromatic carbocycles. The number of hydrogen-bond acceptors (Lipinski definition) is 2. The van der Waals surface area contributed by atoms with E-state index in [1.54, 1.807) is 0 Å². The van der Waals surface area contributed by atoms with E-state index in [-0.39, 0.29) is 11.8 Å². The average molecular weight is 226 g/mol. The Morgan fingerprint density at radius 2 is 2.12 bits per heavy atom. The molecule has 1 aliphatic carbocycles. The van der Waals surface area contributed by atoms with Crippen molar-refractivity contribution in [2.75, 3.05) is 5.32 Å². The van der Waals surface area contributed by atoms with Gasteiger partial charge in [0.05, 0.1) is 11.2 Å². The third-order valence-corrected chi connectivity index (χ3v) is 3.07. The number of aromatic nitrogens is 1. The van der Waals surface area contributed by atoms with Crippen LogP contribution in [0.4, 0.5) is 5.69 Å². The van der Waals surface area contributed by atoms with Gasteiger partial charge in [0.15, 0.2) is 0 Å². The van der Waals surface area contributed by atoms with E-state index in [9.17, 15) is 4.79 Å². The minimum absolute atomic E-state index is 0.126. The Balaban J connectivity index is 2.02. The molecule has 0 bridgehead atoms. The average Bonchev–Trinajstić information content (AvgIpc) is 3.13. The van der Waals surface area contributed by atoms with Crippen LogP contribution in [0.1, 0.15) is 18.5 Å². The smallest absolute Gasteiger partial charge is 0.227 e. The lowest BCUT2D eigenvalue weighted by Crippen LogP contribution is -2.13. The molecule has 0 unspecified atom stereocenters. The Bertz CT molecular complexity index is 588. The molecule has 1 heterocycles. The predicted octanol–water partition coefficient (Wildman–Crippen LogP) is 2.89. The van der Waals surface area contributed by atoms with Crippen LogP contribution in [0.25, 0.3) is 10.9 Å². The molecule has 2 aromatic rings. The van der Waals surface area contributed by atoms with E-state index in [1.165, 1.54) is 0 Å². The van der Waals surface area contributed by atoms with Crippen LogP contribution in [-0.2, 0) is 4.79 Å². The second-order valence-corrected chi connectivity index (χ2v) is 4.59. The first-order valence-corrected chi connectivity index (χ1v) is 5.91. The number of anilines is 1. The van der Waals surface area contributed by atoms with E-state index in [2.05, 4.69) is 10.3 Å². The standard InChI is InChI=1S/C14H14N2O/c1-9-5-6-10-3-2-4-12(13(10)15-9)16-14(17)11-7-8-11/h2-6,11H,7-8H2,1H3,(H,16,17). The first kappa shape index (κ1) is 10.3. The van der Waals surface area contributed by atoms with Crippen LogP contribution in [0.5, 0.6) is 0 Å². The molecule has 3 heteroatoms. The summed E-state index contributed by atoms with van der Waals surface area (Å²) in [5.41, 5.74) is 2.66. The van der Waals surface area contributed by atoms with Gasteiger partial charge in [-0.05, 0) is 31.9 Å². The van der Waals surface area contributed by atoms with Crippen LogP contribution >= 0.6 is 0 Å². The number of pyridine rings is 1. The summed E-state index contributed by atoms with van der Waals surface area (Å²) in [6.45, 7) is 1.96. The van der Waals surface area contributed by atoms with E-state index >= 15 is 0 Å². The van der Waals surface area contributed by atoms with Crippen molar-refractivity contribution in [3.8, 4) is 0 Å². The van der Waals surface area contributed by atoms with E-state index < -0.39 is 0 Å². The highest BCUT2D eigenvalue weighted by atomic mass is 16.2. The molecule has 1 aliphatic rings. The van der Waals surface area contributed by atoms with Gasteiger partial charge in [-0.15, -0.1) is 0 Å². The Morgan fingerprint density at radius 1 is 1.29 bits per heavy atom. The van der Waals surface area contributed by atoms with Gasteiger partial charge in [-0.1, -0.05) is 18.2 Å². The summed E-state index contributed by atoms with van der Waals surface area (Å²) in [7, 11) is 0. The Hall–Kier alpha value is -1.90. The van der Waals surface area contributed by atoms with Crippen LogP contribution in [0.15, 0.2) is 30.3 Å². The molecule has 3 nitrogen and oxygen atoms in total. The van der Waals surface area contributed by atoms with Crippen LogP contribution in [0, 0.1) is 12.8 Å². The third kappa shape index (κ3) is 2.00. The monoisotopic (exact) mass is 226 g/mol. The zero-order chi connectivity index (χ0) is 11.8. The summed E-state index contributed by atoms with van der Waals surface area (Å²) in [6, 6.07) is 9.88. The molecule has 1 amide bonds. The number of aryl methyl sites for hydroxylation is 1. The minimum atomic E-state index is 0.126. The highest BCUT2D eigenvalue weighted by Gasteiger charge is 2.29. The van der Waals surface area contributed by atoms with Crippen molar-refractivity contribution in [3.63, 3.8) is 0 Å². The third-order valence-electron chi connectivity index (χ3n) is 3.07. The number of nitrogens with zero attached hydrogens (tertiary/aromatic N) is 1. The first-order chi connectivity index (χ1) is 8.24. The highest BCUT2D eigenvalue weighted by Crippen LogP contribution is 2.31. The van der Waals surface area contributed by atoms with E-state index in [4.69, 9.17) is 0 Å². The predicted molar refractivity (Wildman–Crippen MR) is 67.8 cm³/mol. The summed E-state index contributed by atoms with van der Waals surface area (Å²) < 4.78 is 0. The van der Waals surface area contributed by atoms with Crippen molar-refractivity contribution >= 4 is 22.5 Å². The van der Waals surface area contributed by atoms with Crippen molar-refractivity contribution in [2.45, 2.75) is 19.8 Å². The number of benzene rings is 1. The molecule has 1 saturated carbocycles. The highest BCUT2D eigenvalue weighted by molar-refractivity contribution is 6.01. The number of carbonyl (C=O) groups excluding carboxylic acids is 1. The molecule has 0 spiro atoms. The second kappa shape index (κ2) is 3.84. The number of nitrogens with one attached hydrogen (secondary N) is 1. The van der Waals surface area contributed by atoms with Crippen molar-refractivity contribution in [3.05, 3.63) is 36.0 Å². The topological polar surface area (TPSA) is 42.0 Å².